The number of carbonyl (C=O) groups excluding carboxylic acids is 1. The Balaban J connectivity index is 1.33. The number of fused-ring (bicyclic) bond motifs is 2. The van der Waals surface area contributed by atoms with Gasteiger partial charge in [-0.15, -0.1) is 0 Å². The molecule has 0 saturated heterocycles. The first-order valence-corrected chi connectivity index (χ1v) is 8.23. The summed E-state index contributed by atoms with van der Waals surface area (Å²) in [5, 5.41) is 2.88. The zero-order chi connectivity index (χ0) is 17.1. The summed E-state index contributed by atoms with van der Waals surface area (Å²) in [7, 11) is 0. The minimum atomic E-state index is -0.206. The molecule has 4 rings (SSSR count). The number of aromatic amines is 1. The summed E-state index contributed by atoms with van der Waals surface area (Å²) in [4.78, 5) is 28.6. The van der Waals surface area contributed by atoms with E-state index in [1.165, 1.54) is 6.20 Å². The molecule has 0 saturated carbocycles. The van der Waals surface area contributed by atoms with Gasteiger partial charge in [-0.2, -0.15) is 0 Å². The Morgan fingerprint density at radius 2 is 1.72 bits per heavy atom. The number of aromatic nitrogens is 4. The largest absolute Gasteiger partial charge is 0.351 e. The molecule has 2 aromatic carbocycles. The Labute approximate surface area is 144 Å². The highest BCUT2D eigenvalue weighted by atomic mass is 16.1. The third-order valence-electron chi connectivity index (χ3n) is 4.00. The normalized spacial score (nSPS) is 11.0. The molecule has 4 aromatic rings. The highest BCUT2D eigenvalue weighted by molar-refractivity contribution is 5.93. The van der Waals surface area contributed by atoms with Crippen LogP contribution in [0.25, 0.3) is 22.1 Å². The lowest BCUT2D eigenvalue weighted by Gasteiger charge is -2.04. The Bertz CT molecular complexity index is 1010. The molecule has 6 nitrogen and oxygen atoms in total. The molecule has 0 unspecified atom stereocenters. The second-order valence-corrected chi connectivity index (χ2v) is 5.80. The zero-order valence-electron chi connectivity index (χ0n) is 13.6. The van der Waals surface area contributed by atoms with Crippen molar-refractivity contribution in [1.82, 2.24) is 25.3 Å². The van der Waals surface area contributed by atoms with Gasteiger partial charge in [-0.05, 0) is 30.7 Å². The smallest absolute Gasteiger partial charge is 0.271 e. The van der Waals surface area contributed by atoms with E-state index in [4.69, 9.17) is 0 Å². The Hall–Kier alpha value is -3.28. The molecule has 0 spiro atoms. The average molecular weight is 331 g/mol. The van der Waals surface area contributed by atoms with Crippen LogP contribution in [-0.2, 0) is 6.42 Å². The van der Waals surface area contributed by atoms with Gasteiger partial charge in [0.25, 0.3) is 5.91 Å². The molecule has 2 N–H and O–H groups in total. The van der Waals surface area contributed by atoms with Gasteiger partial charge in [-0.1, -0.05) is 24.3 Å². The maximum atomic E-state index is 12.2. The van der Waals surface area contributed by atoms with Crippen molar-refractivity contribution in [3.05, 3.63) is 66.2 Å². The molecular weight excluding hydrogens is 314 g/mol. The van der Waals surface area contributed by atoms with Crippen molar-refractivity contribution in [2.45, 2.75) is 12.8 Å². The lowest BCUT2D eigenvalue weighted by molar-refractivity contribution is 0.0948. The van der Waals surface area contributed by atoms with E-state index in [0.29, 0.717) is 12.2 Å². The van der Waals surface area contributed by atoms with E-state index >= 15 is 0 Å². The summed E-state index contributed by atoms with van der Waals surface area (Å²) in [6.45, 7) is 0.560. The van der Waals surface area contributed by atoms with Crippen LogP contribution in [0.5, 0.6) is 0 Å². The second kappa shape index (κ2) is 6.68. The average Bonchev–Trinajstić information content (AvgIpc) is 3.07. The number of aryl methyl sites for hydroxylation is 1. The van der Waals surface area contributed by atoms with E-state index in [1.807, 2.05) is 48.5 Å². The predicted octanol–water partition coefficient (Wildman–Crippen LogP) is 2.87. The van der Waals surface area contributed by atoms with E-state index in [1.54, 1.807) is 0 Å². The van der Waals surface area contributed by atoms with Crippen LogP contribution in [-0.4, -0.2) is 32.4 Å². The summed E-state index contributed by atoms with van der Waals surface area (Å²) in [5.41, 5.74) is 3.84. The van der Waals surface area contributed by atoms with E-state index in [-0.39, 0.29) is 5.91 Å². The van der Waals surface area contributed by atoms with Gasteiger partial charge in [0.05, 0.1) is 28.3 Å². The summed E-state index contributed by atoms with van der Waals surface area (Å²) in [6.07, 6.45) is 3.09. The molecule has 0 aliphatic heterocycles. The first-order valence-electron chi connectivity index (χ1n) is 8.23. The molecule has 124 valence electrons. The Morgan fingerprint density at radius 1 is 0.960 bits per heavy atom. The summed E-state index contributed by atoms with van der Waals surface area (Å²) < 4.78 is 0. The Kier molecular flexibility index (Phi) is 4.08. The van der Waals surface area contributed by atoms with Crippen molar-refractivity contribution in [2.75, 3.05) is 6.54 Å². The van der Waals surface area contributed by atoms with E-state index in [0.717, 1.165) is 40.7 Å². The molecular formula is C19H17N5O. The second-order valence-electron chi connectivity index (χ2n) is 5.80. The fourth-order valence-corrected chi connectivity index (χ4v) is 2.74. The van der Waals surface area contributed by atoms with Gasteiger partial charge in [0.2, 0.25) is 0 Å². The number of para-hydroxylation sites is 4. The molecule has 0 fully saturated rings. The van der Waals surface area contributed by atoms with Gasteiger partial charge in [0, 0.05) is 13.0 Å². The fourth-order valence-electron chi connectivity index (χ4n) is 2.74. The molecule has 0 aliphatic carbocycles. The molecule has 0 aliphatic rings. The molecule has 25 heavy (non-hydrogen) atoms. The Morgan fingerprint density at radius 3 is 2.56 bits per heavy atom. The molecule has 0 bridgehead atoms. The maximum absolute atomic E-state index is 12.2. The van der Waals surface area contributed by atoms with Gasteiger partial charge < -0.3 is 10.3 Å². The van der Waals surface area contributed by atoms with Crippen molar-refractivity contribution in [3.8, 4) is 0 Å². The van der Waals surface area contributed by atoms with Crippen molar-refractivity contribution >= 4 is 28.0 Å². The van der Waals surface area contributed by atoms with Gasteiger partial charge in [0.1, 0.15) is 11.5 Å². The third kappa shape index (κ3) is 3.33. The van der Waals surface area contributed by atoms with Crippen LogP contribution >= 0.6 is 0 Å². The number of nitrogens with one attached hydrogen (secondary N) is 2. The minimum Gasteiger partial charge on any atom is -0.351 e. The van der Waals surface area contributed by atoms with Crippen LogP contribution in [0.3, 0.4) is 0 Å². The van der Waals surface area contributed by atoms with Gasteiger partial charge in [-0.3, -0.25) is 9.78 Å². The van der Waals surface area contributed by atoms with Crippen molar-refractivity contribution < 1.29 is 4.79 Å². The van der Waals surface area contributed by atoms with E-state index in [9.17, 15) is 4.79 Å². The van der Waals surface area contributed by atoms with Gasteiger partial charge in [0.15, 0.2) is 0 Å². The maximum Gasteiger partial charge on any atom is 0.271 e. The highest BCUT2D eigenvalue weighted by Gasteiger charge is 2.09. The van der Waals surface area contributed by atoms with Crippen LogP contribution in [0.1, 0.15) is 22.7 Å². The standard InChI is InChI=1S/C19H17N5O/c25-19(17-12-21-13-6-1-2-7-14(13)22-17)20-11-5-10-18-23-15-8-3-4-9-16(15)24-18/h1-4,6-9,12H,5,10-11H2,(H,20,25)(H,23,24). The number of H-pyrrole nitrogens is 1. The third-order valence-corrected chi connectivity index (χ3v) is 4.00. The molecule has 2 aromatic heterocycles. The highest BCUT2D eigenvalue weighted by Crippen LogP contribution is 2.11. The molecule has 6 heteroatoms. The summed E-state index contributed by atoms with van der Waals surface area (Å²) >= 11 is 0. The summed E-state index contributed by atoms with van der Waals surface area (Å²) in [5.74, 6) is 0.726. The van der Waals surface area contributed by atoms with Crippen molar-refractivity contribution in [1.29, 1.82) is 0 Å². The molecule has 0 radical (unpaired) electrons. The topological polar surface area (TPSA) is 83.6 Å². The fraction of sp³-hybridized carbons (Fsp3) is 0.158. The molecule has 2 heterocycles. The minimum absolute atomic E-state index is 0.206. The number of carbonyl (C=O) groups is 1. The van der Waals surface area contributed by atoms with Crippen LogP contribution < -0.4 is 5.32 Å². The molecule has 0 atom stereocenters. The SMILES string of the molecule is O=C(NCCCc1nc2ccccc2[nH]1)c1cnc2ccccc2n1. The lowest BCUT2D eigenvalue weighted by atomic mass is 10.2. The van der Waals surface area contributed by atoms with Crippen LogP contribution in [0, 0.1) is 0 Å². The number of hydrogen-bond acceptors (Lipinski definition) is 4. The van der Waals surface area contributed by atoms with E-state index < -0.39 is 0 Å². The quantitative estimate of drug-likeness (QED) is 0.551. The van der Waals surface area contributed by atoms with Crippen LogP contribution in [0.2, 0.25) is 0 Å². The van der Waals surface area contributed by atoms with Crippen LogP contribution in [0.15, 0.2) is 54.7 Å². The number of hydrogen-bond donors (Lipinski definition) is 2. The number of rotatable bonds is 5. The molecule has 1 amide bonds. The number of imidazole rings is 1. The van der Waals surface area contributed by atoms with Gasteiger partial charge in [-0.25, -0.2) is 9.97 Å². The van der Waals surface area contributed by atoms with Crippen molar-refractivity contribution in [3.63, 3.8) is 0 Å². The predicted molar refractivity (Wildman–Crippen MR) is 96.3 cm³/mol. The first kappa shape index (κ1) is 15.3. The monoisotopic (exact) mass is 331 g/mol. The van der Waals surface area contributed by atoms with E-state index in [2.05, 4.69) is 25.3 Å². The van der Waals surface area contributed by atoms with Crippen LogP contribution in [0.4, 0.5) is 0 Å². The zero-order valence-corrected chi connectivity index (χ0v) is 13.6. The number of amides is 1. The lowest BCUT2D eigenvalue weighted by Crippen LogP contribution is -2.26. The van der Waals surface area contributed by atoms with Crippen molar-refractivity contribution in [2.24, 2.45) is 0 Å². The first-order chi connectivity index (χ1) is 12.3. The summed E-state index contributed by atoms with van der Waals surface area (Å²) in [6, 6.07) is 15.4. The number of nitrogens with zero attached hydrogens (tertiary/aromatic N) is 3. The number of benzene rings is 2. The van der Waals surface area contributed by atoms with Gasteiger partial charge >= 0.3 is 0 Å².